The lowest BCUT2D eigenvalue weighted by atomic mass is 10.3. The van der Waals surface area contributed by atoms with E-state index in [2.05, 4.69) is 14.8 Å². The van der Waals surface area contributed by atoms with Crippen molar-refractivity contribution in [2.75, 3.05) is 19.4 Å². The number of sulfonamides is 1. The van der Waals surface area contributed by atoms with E-state index in [1.807, 2.05) is 13.0 Å². The van der Waals surface area contributed by atoms with E-state index in [1.165, 1.54) is 7.05 Å². The minimum atomic E-state index is -3.18. The van der Waals surface area contributed by atoms with Gasteiger partial charge in [0.2, 0.25) is 15.9 Å². The van der Waals surface area contributed by atoms with Gasteiger partial charge in [0, 0.05) is 18.0 Å². The predicted octanol–water partition coefficient (Wildman–Crippen LogP) is 0.356. The molecule has 0 atom stereocenters. The van der Waals surface area contributed by atoms with Gasteiger partial charge in [-0.15, -0.1) is 5.10 Å². The fourth-order valence-electron chi connectivity index (χ4n) is 1.59. The first kappa shape index (κ1) is 13.8. The zero-order chi connectivity index (χ0) is 13.9. The summed E-state index contributed by atoms with van der Waals surface area (Å²) in [5, 5.41) is 4.26. The van der Waals surface area contributed by atoms with E-state index in [4.69, 9.17) is 4.74 Å². The van der Waals surface area contributed by atoms with Crippen molar-refractivity contribution in [2.24, 2.45) is 0 Å². The zero-order valence-electron chi connectivity index (χ0n) is 10.8. The van der Waals surface area contributed by atoms with Gasteiger partial charge in [-0.1, -0.05) is 0 Å². The van der Waals surface area contributed by atoms with Crippen LogP contribution in [0.3, 0.4) is 0 Å². The van der Waals surface area contributed by atoms with Gasteiger partial charge in [-0.25, -0.2) is 22.6 Å². The number of ether oxygens (including phenoxy) is 1. The second kappa shape index (κ2) is 5.54. The van der Waals surface area contributed by atoms with Crippen molar-refractivity contribution in [1.29, 1.82) is 0 Å². The average molecular weight is 284 g/mol. The van der Waals surface area contributed by atoms with Crippen LogP contribution in [0.25, 0.3) is 5.65 Å². The van der Waals surface area contributed by atoms with Gasteiger partial charge in [-0.3, -0.25) is 0 Å². The van der Waals surface area contributed by atoms with Crippen LogP contribution in [0.4, 0.5) is 0 Å². The largest absolute Gasteiger partial charge is 0.476 e. The third-order valence-electron chi connectivity index (χ3n) is 2.64. The van der Waals surface area contributed by atoms with Crippen LogP contribution in [0.2, 0.25) is 0 Å². The van der Waals surface area contributed by atoms with Gasteiger partial charge in [0.25, 0.3) is 0 Å². The van der Waals surface area contributed by atoms with Crippen molar-refractivity contribution in [3.63, 3.8) is 0 Å². The number of imidazole rings is 1. The van der Waals surface area contributed by atoms with E-state index < -0.39 is 10.0 Å². The highest BCUT2D eigenvalue weighted by Crippen LogP contribution is 2.15. The summed E-state index contributed by atoms with van der Waals surface area (Å²) in [6, 6.07) is 1.87. The summed E-state index contributed by atoms with van der Waals surface area (Å²) in [5.41, 5.74) is 1.62. The molecule has 0 aromatic carbocycles. The van der Waals surface area contributed by atoms with Crippen LogP contribution in [-0.4, -0.2) is 42.4 Å². The summed E-state index contributed by atoms with van der Waals surface area (Å²) in [7, 11) is -1.78. The maximum Gasteiger partial charge on any atom is 0.234 e. The molecule has 0 saturated carbocycles. The van der Waals surface area contributed by atoms with E-state index in [1.54, 1.807) is 16.9 Å². The Bertz CT molecular complexity index is 666. The van der Waals surface area contributed by atoms with Gasteiger partial charge in [0.15, 0.2) is 5.65 Å². The van der Waals surface area contributed by atoms with Gasteiger partial charge in [-0.05, 0) is 26.5 Å². The summed E-state index contributed by atoms with van der Waals surface area (Å²) in [6.07, 6.45) is 3.80. The molecular weight excluding hydrogens is 268 g/mol. The van der Waals surface area contributed by atoms with E-state index in [-0.39, 0.29) is 5.75 Å². The molecule has 0 unspecified atom stereocenters. The summed E-state index contributed by atoms with van der Waals surface area (Å²) >= 11 is 0. The van der Waals surface area contributed by atoms with Crippen LogP contribution < -0.4 is 9.46 Å². The van der Waals surface area contributed by atoms with Crippen LogP contribution in [0.1, 0.15) is 12.0 Å². The molecule has 1 N–H and O–H groups in total. The number of nitrogens with zero attached hydrogens (tertiary/aromatic N) is 3. The third kappa shape index (κ3) is 3.42. The first-order chi connectivity index (χ1) is 9.02. The quantitative estimate of drug-likeness (QED) is 0.774. The van der Waals surface area contributed by atoms with Gasteiger partial charge < -0.3 is 4.74 Å². The van der Waals surface area contributed by atoms with Crippen molar-refractivity contribution < 1.29 is 13.2 Å². The molecule has 0 fully saturated rings. The number of nitrogens with one attached hydrogen (secondary N) is 1. The molecular formula is C11H16N4O3S. The topological polar surface area (TPSA) is 85.6 Å². The highest BCUT2D eigenvalue weighted by atomic mass is 32.2. The molecule has 0 radical (unpaired) electrons. The molecule has 2 aromatic rings. The average Bonchev–Trinajstić information content (AvgIpc) is 2.81. The Morgan fingerprint density at radius 1 is 1.47 bits per heavy atom. The standard InChI is InChI=1S/C11H16N4O3S/c1-9-8-10-13-4-5-15(10)14-11(9)18-6-3-7-19(16,17)12-2/h4-5,8,12H,3,6-7H2,1-2H3. The second-order valence-electron chi connectivity index (χ2n) is 4.09. The van der Waals surface area contributed by atoms with Crippen molar-refractivity contribution in [3.05, 3.63) is 24.0 Å². The Labute approximate surface area is 111 Å². The molecule has 2 heterocycles. The SMILES string of the molecule is CNS(=O)(=O)CCCOc1nn2ccnc2cc1C. The van der Waals surface area contributed by atoms with Crippen molar-refractivity contribution >= 4 is 15.7 Å². The van der Waals surface area contributed by atoms with Gasteiger partial charge in [0.05, 0.1) is 12.4 Å². The predicted molar refractivity (Wildman–Crippen MR) is 70.7 cm³/mol. The monoisotopic (exact) mass is 284 g/mol. The Hall–Kier alpha value is -1.67. The lowest BCUT2D eigenvalue weighted by Gasteiger charge is -2.08. The Morgan fingerprint density at radius 2 is 2.26 bits per heavy atom. The molecule has 104 valence electrons. The van der Waals surface area contributed by atoms with Crippen molar-refractivity contribution in [2.45, 2.75) is 13.3 Å². The number of aromatic nitrogens is 3. The van der Waals surface area contributed by atoms with Crippen LogP contribution >= 0.6 is 0 Å². The summed E-state index contributed by atoms with van der Waals surface area (Å²) in [6.45, 7) is 2.18. The van der Waals surface area contributed by atoms with Gasteiger partial charge in [0.1, 0.15) is 0 Å². The van der Waals surface area contributed by atoms with Gasteiger partial charge >= 0.3 is 0 Å². The number of fused-ring (bicyclic) bond motifs is 1. The fourth-order valence-corrected chi connectivity index (χ4v) is 2.29. The highest BCUT2D eigenvalue weighted by Gasteiger charge is 2.08. The molecule has 7 nitrogen and oxygen atoms in total. The number of hydrogen-bond donors (Lipinski definition) is 1. The molecule has 8 heteroatoms. The third-order valence-corrected chi connectivity index (χ3v) is 4.09. The molecule has 0 bridgehead atoms. The summed E-state index contributed by atoms with van der Waals surface area (Å²) < 4.78 is 31.8. The molecule has 0 aliphatic rings. The van der Waals surface area contributed by atoms with E-state index >= 15 is 0 Å². The maximum absolute atomic E-state index is 11.2. The molecule has 0 saturated heterocycles. The van der Waals surface area contributed by atoms with E-state index in [0.29, 0.717) is 18.9 Å². The molecule has 0 aliphatic heterocycles. The highest BCUT2D eigenvalue weighted by molar-refractivity contribution is 7.89. The normalized spacial score (nSPS) is 11.9. The lowest BCUT2D eigenvalue weighted by molar-refractivity contribution is 0.298. The fraction of sp³-hybridized carbons (Fsp3) is 0.455. The molecule has 2 rings (SSSR count). The minimum Gasteiger partial charge on any atom is -0.476 e. The maximum atomic E-state index is 11.2. The Kier molecular flexibility index (Phi) is 4.01. The number of rotatable bonds is 6. The molecule has 0 aliphatic carbocycles. The Balaban J connectivity index is 1.96. The molecule has 2 aromatic heterocycles. The lowest BCUT2D eigenvalue weighted by Crippen LogP contribution is -2.23. The first-order valence-corrected chi connectivity index (χ1v) is 7.52. The zero-order valence-corrected chi connectivity index (χ0v) is 11.6. The van der Waals surface area contributed by atoms with Crippen molar-refractivity contribution in [3.8, 4) is 5.88 Å². The van der Waals surface area contributed by atoms with Gasteiger partial charge in [-0.2, -0.15) is 0 Å². The summed E-state index contributed by atoms with van der Waals surface area (Å²) in [5.74, 6) is 0.530. The van der Waals surface area contributed by atoms with Crippen LogP contribution in [0, 0.1) is 6.92 Å². The first-order valence-electron chi connectivity index (χ1n) is 5.87. The summed E-state index contributed by atoms with van der Waals surface area (Å²) in [4.78, 5) is 4.12. The second-order valence-corrected chi connectivity index (χ2v) is 6.13. The molecule has 0 amide bonds. The van der Waals surface area contributed by atoms with Crippen molar-refractivity contribution in [1.82, 2.24) is 19.3 Å². The van der Waals surface area contributed by atoms with E-state index in [9.17, 15) is 8.42 Å². The van der Waals surface area contributed by atoms with Crippen LogP contribution in [-0.2, 0) is 10.0 Å². The van der Waals surface area contributed by atoms with Crippen LogP contribution in [0.5, 0.6) is 5.88 Å². The minimum absolute atomic E-state index is 0.0376. The molecule has 0 spiro atoms. The number of hydrogen-bond acceptors (Lipinski definition) is 5. The van der Waals surface area contributed by atoms with E-state index in [0.717, 1.165) is 11.2 Å². The molecule has 19 heavy (non-hydrogen) atoms. The van der Waals surface area contributed by atoms with Crippen LogP contribution in [0.15, 0.2) is 18.5 Å². The number of aryl methyl sites for hydroxylation is 1. The Morgan fingerprint density at radius 3 is 3.00 bits per heavy atom. The smallest absolute Gasteiger partial charge is 0.234 e.